The summed E-state index contributed by atoms with van der Waals surface area (Å²) in [6.45, 7) is 6.87. The quantitative estimate of drug-likeness (QED) is 0.794. The Balaban J connectivity index is 1.68. The minimum atomic E-state index is -0.260. The third-order valence-electron chi connectivity index (χ3n) is 3.13. The van der Waals surface area contributed by atoms with Crippen LogP contribution in [0, 0.1) is 0 Å². The SMILES string of the molecule is CC(C(=O)NCCN1CCOCC1)n1cccn1. The highest BCUT2D eigenvalue weighted by molar-refractivity contribution is 5.79. The highest BCUT2D eigenvalue weighted by Crippen LogP contribution is 2.02. The van der Waals surface area contributed by atoms with Gasteiger partial charge in [0.25, 0.3) is 0 Å². The maximum Gasteiger partial charge on any atom is 0.244 e. The largest absolute Gasteiger partial charge is 0.379 e. The molecule has 1 atom stereocenters. The van der Waals surface area contributed by atoms with Crippen LogP contribution >= 0.6 is 0 Å². The van der Waals surface area contributed by atoms with E-state index in [0.29, 0.717) is 6.54 Å². The van der Waals surface area contributed by atoms with Crippen LogP contribution in [0.1, 0.15) is 13.0 Å². The van der Waals surface area contributed by atoms with Crippen LogP contribution in [-0.2, 0) is 9.53 Å². The molecule has 1 aromatic heterocycles. The third-order valence-corrected chi connectivity index (χ3v) is 3.13. The standard InChI is InChI=1S/C12H20N4O2/c1-11(16-5-2-3-14-16)12(17)13-4-6-15-7-9-18-10-8-15/h2-3,5,11H,4,6-10H2,1H3,(H,13,17). The van der Waals surface area contributed by atoms with Crippen molar-refractivity contribution in [1.82, 2.24) is 20.0 Å². The Morgan fingerprint density at radius 1 is 1.50 bits per heavy atom. The maximum atomic E-state index is 11.9. The van der Waals surface area contributed by atoms with E-state index < -0.39 is 0 Å². The van der Waals surface area contributed by atoms with E-state index in [2.05, 4.69) is 15.3 Å². The first-order valence-electron chi connectivity index (χ1n) is 6.34. The van der Waals surface area contributed by atoms with Crippen molar-refractivity contribution in [1.29, 1.82) is 0 Å². The Kier molecular flexibility index (Phi) is 4.72. The molecule has 0 radical (unpaired) electrons. The van der Waals surface area contributed by atoms with E-state index >= 15 is 0 Å². The van der Waals surface area contributed by atoms with Crippen molar-refractivity contribution in [3.05, 3.63) is 18.5 Å². The molecule has 1 amide bonds. The average molecular weight is 252 g/mol. The van der Waals surface area contributed by atoms with Crippen molar-refractivity contribution in [2.75, 3.05) is 39.4 Å². The van der Waals surface area contributed by atoms with Gasteiger partial charge in [0.1, 0.15) is 6.04 Å². The zero-order valence-electron chi connectivity index (χ0n) is 10.7. The highest BCUT2D eigenvalue weighted by atomic mass is 16.5. The van der Waals surface area contributed by atoms with Gasteiger partial charge in [-0.2, -0.15) is 5.10 Å². The summed E-state index contributed by atoms with van der Waals surface area (Å²) in [5.74, 6) is 0.00644. The Bertz CT molecular complexity index is 360. The first-order chi connectivity index (χ1) is 8.77. The van der Waals surface area contributed by atoms with Gasteiger partial charge in [-0.25, -0.2) is 0 Å². The van der Waals surface area contributed by atoms with Gasteiger partial charge in [0.05, 0.1) is 13.2 Å². The fourth-order valence-corrected chi connectivity index (χ4v) is 1.94. The minimum absolute atomic E-state index is 0.00644. The third kappa shape index (κ3) is 3.54. The van der Waals surface area contributed by atoms with Gasteiger partial charge in [-0.05, 0) is 13.0 Å². The molecular weight excluding hydrogens is 232 g/mol. The van der Waals surface area contributed by atoms with Crippen LogP contribution in [0.5, 0.6) is 0 Å². The Hall–Kier alpha value is -1.40. The highest BCUT2D eigenvalue weighted by Gasteiger charge is 2.15. The van der Waals surface area contributed by atoms with Crippen LogP contribution in [0.4, 0.5) is 0 Å². The van der Waals surface area contributed by atoms with Gasteiger partial charge in [0.2, 0.25) is 5.91 Å². The van der Waals surface area contributed by atoms with Crippen molar-refractivity contribution in [3.8, 4) is 0 Å². The molecule has 1 saturated heterocycles. The van der Waals surface area contributed by atoms with Crippen molar-refractivity contribution < 1.29 is 9.53 Å². The molecule has 1 aliphatic heterocycles. The molecule has 1 aliphatic rings. The number of ether oxygens (including phenoxy) is 1. The Morgan fingerprint density at radius 3 is 2.94 bits per heavy atom. The van der Waals surface area contributed by atoms with Crippen LogP contribution in [0.2, 0.25) is 0 Å². The number of hydrogen-bond donors (Lipinski definition) is 1. The van der Waals surface area contributed by atoms with Gasteiger partial charge in [-0.1, -0.05) is 0 Å². The summed E-state index contributed by atoms with van der Waals surface area (Å²) in [6.07, 6.45) is 3.48. The molecule has 0 spiro atoms. The van der Waals surface area contributed by atoms with Gasteiger partial charge in [-0.3, -0.25) is 14.4 Å². The number of nitrogens with zero attached hydrogens (tertiary/aromatic N) is 3. The molecule has 18 heavy (non-hydrogen) atoms. The number of aromatic nitrogens is 2. The first kappa shape index (κ1) is 13.0. The van der Waals surface area contributed by atoms with E-state index in [9.17, 15) is 4.79 Å². The summed E-state index contributed by atoms with van der Waals surface area (Å²) in [6, 6.07) is 1.56. The van der Waals surface area contributed by atoms with E-state index in [1.165, 1.54) is 0 Å². The number of carbonyl (C=O) groups is 1. The van der Waals surface area contributed by atoms with E-state index in [4.69, 9.17) is 4.74 Å². The first-order valence-corrected chi connectivity index (χ1v) is 6.34. The molecule has 1 aromatic rings. The molecule has 1 unspecified atom stereocenters. The summed E-state index contributed by atoms with van der Waals surface area (Å²) in [5, 5.41) is 7.00. The number of hydrogen-bond acceptors (Lipinski definition) is 4. The van der Waals surface area contributed by atoms with Crippen LogP contribution in [0.25, 0.3) is 0 Å². The van der Waals surface area contributed by atoms with Gasteiger partial charge in [0, 0.05) is 38.6 Å². The lowest BCUT2D eigenvalue weighted by molar-refractivity contribution is -0.124. The van der Waals surface area contributed by atoms with Gasteiger partial charge < -0.3 is 10.1 Å². The molecule has 1 N–H and O–H groups in total. The van der Waals surface area contributed by atoms with Gasteiger partial charge in [-0.15, -0.1) is 0 Å². The van der Waals surface area contributed by atoms with Gasteiger partial charge >= 0.3 is 0 Å². The van der Waals surface area contributed by atoms with Crippen LogP contribution in [-0.4, -0.2) is 60.0 Å². The van der Waals surface area contributed by atoms with E-state index in [1.54, 1.807) is 17.1 Å². The second-order valence-electron chi connectivity index (χ2n) is 4.41. The van der Waals surface area contributed by atoms with E-state index in [-0.39, 0.29) is 11.9 Å². The zero-order chi connectivity index (χ0) is 12.8. The van der Waals surface area contributed by atoms with Crippen LogP contribution in [0.3, 0.4) is 0 Å². The number of rotatable bonds is 5. The molecule has 0 aromatic carbocycles. The molecule has 6 heteroatoms. The fourth-order valence-electron chi connectivity index (χ4n) is 1.94. The van der Waals surface area contributed by atoms with Crippen molar-refractivity contribution >= 4 is 5.91 Å². The molecule has 2 heterocycles. The lowest BCUT2D eigenvalue weighted by Gasteiger charge is -2.26. The summed E-state index contributed by atoms with van der Waals surface area (Å²) < 4.78 is 6.93. The lowest BCUT2D eigenvalue weighted by atomic mass is 10.3. The molecule has 100 valence electrons. The topological polar surface area (TPSA) is 59.4 Å². The summed E-state index contributed by atoms with van der Waals surface area (Å²) in [5.41, 5.74) is 0. The van der Waals surface area contributed by atoms with E-state index in [0.717, 1.165) is 32.8 Å². The fraction of sp³-hybridized carbons (Fsp3) is 0.667. The molecular formula is C12H20N4O2. The molecule has 0 aliphatic carbocycles. The number of carbonyl (C=O) groups excluding carboxylic acids is 1. The molecule has 0 saturated carbocycles. The number of morpholine rings is 1. The zero-order valence-corrected chi connectivity index (χ0v) is 10.7. The Labute approximate surface area is 107 Å². The molecule has 0 bridgehead atoms. The number of nitrogens with one attached hydrogen (secondary N) is 1. The van der Waals surface area contributed by atoms with Crippen molar-refractivity contribution in [3.63, 3.8) is 0 Å². The summed E-state index contributed by atoms with van der Waals surface area (Å²) in [7, 11) is 0. The molecule has 2 rings (SSSR count). The Morgan fingerprint density at radius 2 is 2.28 bits per heavy atom. The summed E-state index contributed by atoms with van der Waals surface area (Å²) >= 11 is 0. The average Bonchev–Trinajstić information content (AvgIpc) is 2.93. The van der Waals surface area contributed by atoms with Crippen molar-refractivity contribution in [2.24, 2.45) is 0 Å². The normalized spacial score (nSPS) is 18.5. The smallest absolute Gasteiger partial charge is 0.244 e. The predicted molar refractivity (Wildman–Crippen MR) is 67.2 cm³/mol. The summed E-state index contributed by atoms with van der Waals surface area (Å²) in [4.78, 5) is 14.2. The van der Waals surface area contributed by atoms with Crippen LogP contribution in [0.15, 0.2) is 18.5 Å². The molecule has 6 nitrogen and oxygen atoms in total. The monoisotopic (exact) mass is 252 g/mol. The van der Waals surface area contributed by atoms with Gasteiger partial charge in [0.15, 0.2) is 0 Å². The predicted octanol–water partition coefficient (Wildman–Crippen LogP) is -0.107. The van der Waals surface area contributed by atoms with Crippen molar-refractivity contribution in [2.45, 2.75) is 13.0 Å². The molecule has 1 fully saturated rings. The second kappa shape index (κ2) is 6.51. The van der Waals surface area contributed by atoms with E-state index in [1.807, 2.05) is 13.0 Å². The number of amides is 1. The lowest BCUT2D eigenvalue weighted by Crippen LogP contribution is -2.42. The maximum absolute atomic E-state index is 11.9. The minimum Gasteiger partial charge on any atom is -0.379 e. The van der Waals surface area contributed by atoms with Crippen LogP contribution < -0.4 is 5.32 Å². The second-order valence-corrected chi connectivity index (χ2v) is 4.41.